The number of nitriles is 1. The van der Waals surface area contributed by atoms with Gasteiger partial charge in [0.2, 0.25) is 0 Å². The molecule has 1 atom stereocenters. The van der Waals surface area contributed by atoms with Gasteiger partial charge in [-0.05, 0) is 131 Å². The number of ether oxygens (including phenoxy) is 1. The number of hydrogen-bond acceptors (Lipinski definition) is 6. The van der Waals surface area contributed by atoms with Crippen molar-refractivity contribution >= 4 is 73.5 Å². The van der Waals surface area contributed by atoms with E-state index in [2.05, 4.69) is 26.9 Å². The molecular formula is C39H39BrCl2FN3O3S. The van der Waals surface area contributed by atoms with Crippen molar-refractivity contribution in [2.45, 2.75) is 49.3 Å². The van der Waals surface area contributed by atoms with Gasteiger partial charge in [0.1, 0.15) is 12.4 Å². The molecule has 0 N–H and O–H groups in total. The molecule has 0 spiro atoms. The lowest BCUT2D eigenvalue weighted by Gasteiger charge is -2.34. The fraction of sp³-hybridized carbons (Fsp3) is 0.359. The van der Waals surface area contributed by atoms with E-state index in [1.807, 2.05) is 61.7 Å². The van der Waals surface area contributed by atoms with Crippen LogP contribution in [-0.2, 0) is 16.0 Å². The van der Waals surface area contributed by atoms with Crippen molar-refractivity contribution in [2.75, 3.05) is 46.1 Å². The third-order valence-corrected chi connectivity index (χ3v) is 12.1. The summed E-state index contributed by atoms with van der Waals surface area (Å²) in [6.07, 6.45) is 4.72. The zero-order chi connectivity index (χ0) is 35.9. The molecule has 4 aromatic rings. The Balaban J connectivity index is 1.42. The zero-order valence-electron chi connectivity index (χ0n) is 28.3. The Morgan fingerprint density at radius 2 is 1.86 bits per heavy atom. The van der Waals surface area contributed by atoms with Gasteiger partial charge in [0.25, 0.3) is 5.91 Å². The van der Waals surface area contributed by atoms with E-state index in [0.717, 1.165) is 63.7 Å². The number of amides is 1. The van der Waals surface area contributed by atoms with Gasteiger partial charge in [-0.25, -0.2) is 4.39 Å². The van der Waals surface area contributed by atoms with Crippen molar-refractivity contribution in [3.05, 3.63) is 109 Å². The zero-order valence-corrected chi connectivity index (χ0v) is 32.2. The van der Waals surface area contributed by atoms with E-state index < -0.39 is 5.97 Å². The van der Waals surface area contributed by atoms with Crippen LogP contribution < -0.4 is 0 Å². The third kappa shape index (κ3) is 8.66. The first-order chi connectivity index (χ1) is 24.1. The average Bonchev–Trinajstić information content (AvgIpc) is 3.13. The lowest BCUT2D eigenvalue weighted by atomic mass is 9.88. The SMILES string of the molecule is CCc1c(C#N)cc2ccccc2c1C(=O)N(CC(=O)OC)C[C@@H](CCN1CCC(c2cc(Br)c(SC)cc2F)CC1)c1ccc(Cl)c(Cl)c1. The van der Waals surface area contributed by atoms with Crippen molar-refractivity contribution in [2.24, 2.45) is 0 Å². The second kappa shape index (κ2) is 17.4. The maximum Gasteiger partial charge on any atom is 0.325 e. The van der Waals surface area contributed by atoms with Gasteiger partial charge in [0.05, 0.1) is 34.4 Å². The first kappa shape index (κ1) is 38.1. The number of benzene rings is 4. The summed E-state index contributed by atoms with van der Waals surface area (Å²) in [4.78, 5) is 32.2. The standard InChI is InChI=1S/C39H39BrCl2FN3O3S/c1-4-29-28(21-44)17-26-7-5-6-8-30(26)38(29)39(48)46(23-37(47)49-2)22-27(25-9-10-33(41)34(42)18-25)13-16-45-14-11-24(12-15-45)31-19-32(40)36(50-3)20-35(31)43/h5-10,17-20,24,27H,4,11-16,22-23H2,1-3H3/t27-/m1/s1. The molecule has 4 aromatic carbocycles. The number of rotatable bonds is 12. The summed E-state index contributed by atoms with van der Waals surface area (Å²) in [6, 6.07) is 20.6. The van der Waals surface area contributed by atoms with Gasteiger partial charge in [-0.1, -0.05) is 60.5 Å². The van der Waals surface area contributed by atoms with E-state index in [1.165, 1.54) is 23.8 Å². The van der Waals surface area contributed by atoms with Crippen LogP contribution in [-0.4, -0.2) is 67.8 Å². The van der Waals surface area contributed by atoms with E-state index in [-0.39, 0.29) is 36.6 Å². The van der Waals surface area contributed by atoms with Gasteiger partial charge in [0.15, 0.2) is 0 Å². The summed E-state index contributed by atoms with van der Waals surface area (Å²) >= 11 is 17.9. The molecule has 1 saturated heterocycles. The summed E-state index contributed by atoms with van der Waals surface area (Å²) in [6.45, 7) is 4.19. The normalized spacial score (nSPS) is 14.4. The van der Waals surface area contributed by atoms with Crippen LogP contribution in [0.5, 0.6) is 0 Å². The molecule has 1 aliphatic heterocycles. The molecule has 0 bridgehead atoms. The van der Waals surface area contributed by atoms with Crippen LogP contribution >= 0.6 is 50.9 Å². The molecule has 1 amide bonds. The number of piperidine rings is 1. The summed E-state index contributed by atoms with van der Waals surface area (Å²) < 4.78 is 21.0. The molecule has 0 aromatic heterocycles. The highest BCUT2D eigenvalue weighted by molar-refractivity contribution is 9.10. The molecule has 0 unspecified atom stereocenters. The summed E-state index contributed by atoms with van der Waals surface area (Å²) in [5.74, 6) is -1.13. The van der Waals surface area contributed by atoms with Crippen LogP contribution in [0.1, 0.15) is 70.6 Å². The quantitative estimate of drug-likeness (QED) is 0.105. The van der Waals surface area contributed by atoms with E-state index in [1.54, 1.807) is 12.1 Å². The lowest BCUT2D eigenvalue weighted by molar-refractivity contribution is -0.141. The highest BCUT2D eigenvalue weighted by atomic mass is 79.9. The molecule has 0 radical (unpaired) electrons. The van der Waals surface area contributed by atoms with Crippen LogP contribution in [0.15, 0.2) is 70.0 Å². The molecule has 5 rings (SSSR count). The number of hydrogen-bond donors (Lipinski definition) is 0. The van der Waals surface area contributed by atoms with Gasteiger partial charge in [-0.3, -0.25) is 9.59 Å². The van der Waals surface area contributed by atoms with Gasteiger partial charge >= 0.3 is 5.97 Å². The van der Waals surface area contributed by atoms with Crippen LogP contribution in [0.25, 0.3) is 10.8 Å². The number of carbonyl (C=O) groups is 2. The molecule has 1 aliphatic rings. The second-order valence-electron chi connectivity index (χ2n) is 12.5. The number of esters is 1. The highest BCUT2D eigenvalue weighted by Crippen LogP contribution is 2.37. The maximum atomic E-state index is 15.1. The predicted molar refractivity (Wildman–Crippen MR) is 204 cm³/mol. The largest absolute Gasteiger partial charge is 0.468 e. The fourth-order valence-electron chi connectivity index (χ4n) is 6.91. The average molecular weight is 800 g/mol. The number of likely N-dealkylation sites (tertiary alicyclic amines) is 1. The van der Waals surface area contributed by atoms with E-state index in [0.29, 0.717) is 39.6 Å². The smallest absolute Gasteiger partial charge is 0.325 e. The van der Waals surface area contributed by atoms with Crippen LogP contribution in [0.4, 0.5) is 4.39 Å². The predicted octanol–water partition coefficient (Wildman–Crippen LogP) is 9.87. The van der Waals surface area contributed by atoms with Crippen molar-refractivity contribution in [3.8, 4) is 6.07 Å². The van der Waals surface area contributed by atoms with Gasteiger partial charge in [0, 0.05) is 21.8 Å². The first-order valence-corrected chi connectivity index (χ1v) is 19.4. The monoisotopic (exact) mass is 797 g/mol. The Morgan fingerprint density at radius 3 is 2.52 bits per heavy atom. The van der Waals surface area contributed by atoms with E-state index in [4.69, 9.17) is 27.9 Å². The minimum Gasteiger partial charge on any atom is -0.468 e. The molecule has 50 heavy (non-hydrogen) atoms. The van der Waals surface area contributed by atoms with Crippen LogP contribution in [0, 0.1) is 17.1 Å². The summed E-state index contributed by atoms with van der Waals surface area (Å²) in [7, 11) is 1.30. The van der Waals surface area contributed by atoms with E-state index in [9.17, 15) is 14.9 Å². The number of carbonyl (C=O) groups excluding carboxylic acids is 2. The Hall–Kier alpha value is -3.13. The Bertz CT molecular complexity index is 1930. The van der Waals surface area contributed by atoms with Crippen molar-refractivity contribution in [3.63, 3.8) is 0 Å². The minimum absolute atomic E-state index is 0.129. The van der Waals surface area contributed by atoms with Crippen molar-refractivity contribution < 1.29 is 18.7 Å². The van der Waals surface area contributed by atoms with E-state index >= 15 is 4.39 Å². The summed E-state index contributed by atoms with van der Waals surface area (Å²) in [5.41, 5.74) is 3.14. The molecule has 262 valence electrons. The minimum atomic E-state index is -0.545. The first-order valence-electron chi connectivity index (χ1n) is 16.6. The Morgan fingerprint density at radius 1 is 1.12 bits per heavy atom. The molecule has 11 heteroatoms. The Kier molecular flexibility index (Phi) is 13.3. The van der Waals surface area contributed by atoms with Crippen molar-refractivity contribution in [1.82, 2.24) is 9.80 Å². The number of fused-ring (bicyclic) bond motifs is 1. The molecule has 0 aliphatic carbocycles. The van der Waals surface area contributed by atoms with Gasteiger partial charge in [-0.15, -0.1) is 11.8 Å². The molecule has 0 saturated carbocycles. The molecule has 1 fully saturated rings. The fourth-order valence-corrected chi connectivity index (χ4v) is 8.54. The van der Waals surface area contributed by atoms with Crippen LogP contribution in [0.2, 0.25) is 10.0 Å². The number of nitrogens with zero attached hydrogens (tertiary/aromatic N) is 3. The van der Waals surface area contributed by atoms with Gasteiger partial charge < -0.3 is 14.5 Å². The topological polar surface area (TPSA) is 73.6 Å². The molecule has 1 heterocycles. The lowest BCUT2D eigenvalue weighted by Crippen LogP contribution is -2.41. The maximum absolute atomic E-state index is 15.1. The number of halogens is 4. The molecular weight excluding hydrogens is 760 g/mol. The van der Waals surface area contributed by atoms with Crippen molar-refractivity contribution in [1.29, 1.82) is 5.26 Å². The van der Waals surface area contributed by atoms with Gasteiger partial charge in [-0.2, -0.15) is 5.26 Å². The summed E-state index contributed by atoms with van der Waals surface area (Å²) in [5, 5.41) is 12.3. The third-order valence-electron chi connectivity index (χ3n) is 9.63. The molecule has 6 nitrogen and oxygen atoms in total. The highest BCUT2D eigenvalue weighted by Gasteiger charge is 2.30. The number of thioether (sulfide) groups is 1. The number of methoxy groups -OCH3 is 1. The van der Waals surface area contributed by atoms with Crippen LogP contribution in [0.3, 0.4) is 0 Å². The second-order valence-corrected chi connectivity index (χ2v) is 15.0. The Labute approximate surface area is 316 Å².